The predicted molar refractivity (Wildman–Crippen MR) is 59.9 cm³/mol. The number of hydrogen-bond acceptors (Lipinski definition) is 1. The van der Waals surface area contributed by atoms with Crippen LogP contribution in [0.25, 0.3) is 11.0 Å². The first-order valence-corrected chi connectivity index (χ1v) is 5.82. The largest absolute Gasteiger partial charge is 0.390 e. The normalized spacial score (nSPS) is 12.3. The molecule has 0 spiro atoms. The Balaban J connectivity index is 2.48. The van der Waals surface area contributed by atoms with Crippen LogP contribution in [0.15, 0.2) is 12.1 Å². The fraction of sp³-hybridized carbons (Fsp3) is 0.364. The zero-order valence-corrected chi connectivity index (χ0v) is 10.2. The van der Waals surface area contributed by atoms with E-state index < -0.39 is 30.8 Å². The molecular weight excluding hydrogens is 291 g/mol. The van der Waals surface area contributed by atoms with Crippen LogP contribution in [-0.2, 0) is 12.4 Å². The number of halogens is 6. The van der Waals surface area contributed by atoms with Gasteiger partial charge in [-0.05, 0) is 0 Å². The third-order valence-corrected chi connectivity index (χ3v) is 2.85. The van der Waals surface area contributed by atoms with Gasteiger partial charge in [-0.3, -0.25) is 0 Å². The van der Waals surface area contributed by atoms with Crippen molar-refractivity contribution in [1.82, 2.24) is 9.55 Å². The molecule has 0 amide bonds. The molecule has 0 radical (unpaired) electrons. The molecule has 0 atom stereocenters. The molecule has 0 bridgehead atoms. The lowest BCUT2D eigenvalue weighted by Gasteiger charge is -2.10. The lowest BCUT2D eigenvalue weighted by Crippen LogP contribution is -2.13. The van der Waals surface area contributed by atoms with Gasteiger partial charge in [-0.15, -0.1) is 11.6 Å². The first kappa shape index (κ1) is 14.0. The van der Waals surface area contributed by atoms with Crippen LogP contribution in [-0.4, -0.2) is 15.7 Å². The Morgan fingerprint density at radius 2 is 1.79 bits per heavy atom. The minimum atomic E-state index is -4.35. The van der Waals surface area contributed by atoms with Crippen molar-refractivity contribution in [3.05, 3.63) is 29.6 Å². The number of nitrogens with zero attached hydrogens (tertiary/aromatic N) is 2. The summed E-state index contributed by atoms with van der Waals surface area (Å²) in [6, 6.07) is 1.66. The smallest absolute Gasteiger partial charge is 0.327 e. The first-order valence-electron chi connectivity index (χ1n) is 5.28. The van der Waals surface area contributed by atoms with Crippen molar-refractivity contribution in [3.63, 3.8) is 0 Å². The zero-order chi connectivity index (χ0) is 14.2. The van der Waals surface area contributed by atoms with Gasteiger partial charge in [0.05, 0.1) is 23.3 Å². The Kier molecular flexibility index (Phi) is 3.66. The molecule has 104 valence electrons. The number of imidazole rings is 1. The first-order chi connectivity index (χ1) is 8.81. The molecule has 0 aliphatic heterocycles. The van der Waals surface area contributed by atoms with E-state index >= 15 is 0 Å². The van der Waals surface area contributed by atoms with Gasteiger partial charge in [0, 0.05) is 18.7 Å². The Labute approximate surface area is 109 Å². The maximum atomic E-state index is 13.1. The van der Waals surface area contributed by atoms with E-state index in [-0.39, 0.29) is 22.7 Å². The minimum Gasteiger partial charge on any atom is -0.327 e. The van der Waals surface area contributed by atoms with Crippen LogP contribution in [0.2, 0.25) is 0 Å². The van der Waals surface area contributed by atoms with Crippen molar-refractivity contribution in [2.75, 3.05) is 0 Å². The fourth-order valence-corrected chi connectivity index (χ4v) is 1.96. The summed E-state index contributed by atoms with van der Waals surface area (Å²) in [6.07, 6.45) is -5.44. The molecule has 8 heteroatoms. The summed E-state index contributed by atoms with van der Waals surface area (Å²) in [5, 5.41) is 0. The van der Waals surface area contributed by atoms with Gasteiger partial charge in [-0.2, -0.15) is 13.2 Å². The predicted octanol–water partition coefficient (Wildman–Crippen LogP) is 4.01. The van der Waals surface area contributed by atoms with Crippen molar-refractivity contribution in [2.24, 2.45) is 0 Å². The van der Waals surface area contributed by atoms with Gasteiger partial charge >= 0.3 is 6.18 Å². The molecule has 2 rings (SSSR count). The lowest BCUT2D eigenvalue weighted by atomic mass is 10.3. The van der Waals surface area contributed by atoms with E-state index in [1.807, 2.05) is 0 Å². The molecule has 0 aliphatic rings. The van der Waals surface area contributed by atoms with Crippen molar-refractivity contribution in [3.8, 4) is 0 Å². The number of aromatic nitrogens is 2. The van der Waals surface area contributed by atoms with Gasteiger partial charge in [0.25, 0.3) is 0 Å². The SMILES string of the molecule is Fc1cc2nc(CCl)n(CCC(F)(F)F)c2cc1F. The summed E-state index contributed by atoms with van der Waals surface area (Å²) >= 11 is 5.58. The summed E-state index contributed by atoms with van der Waals surface area (Å²) in [5.41, 5.74) is 0.176. The zero-order valence-electron chi connectivity index (χ0n) is 9.44. The van der Waals surface area contributed by atoms with Gasteiger partial charge in [-0.1, -0.05) is 0 Å². The molecule has 0 saturated heterocycles. The average Bonchev–Trinajstić information content (AvgIpc) is 2.63. The number of aryl methyl sites for hydroxylation is 1. The number of hydrogen-bond donors (Lipinski definition) is 0. The highest BCUT2D eigenvalue weighted by molar-refractivity contribution is 6.16. The van der Waals surface area contributed by atoms with E-state index in [0.717, 1.165) is 16.7 Å². The summed E-state index contributed by atoms with van der Waals surface area (Å²) in [5.74, 6) is -2.24. The summed E-state index contributed by atoms with van der Waals surface area (Å²) in [4.78, 5) is 3.89. The highest BCUT2D eigenvalue weighted by Crippen LogP contribution is 2.25. The molecule has 0 fully saturated rings. The van der Waals surface area contributed by atoms with E-state index in [0.29, 0.717) is 0 Å². The molecule has 1 aromatic carbocycles. The van der Waals surface area contributed by atoms with Gasteiger partial charge in [0.1, 0.15) is 5.82 Å². The van der Waals surface area contributed by atoms with Crippen LogP contribution in [0.3, 0.4) is 0 Å². The Morgan fingerprint density at radius 1 is 1.16 bits per heavy atom. The van der Waals surface area contributed by atoms with E-state index in [2.05, 4.69) is 4.98 Å². The quantitative estimate of drug-likeness (QED) is 0.618. The molecule has 0 N–H and O–H groups in total. The number of rotatable bonds is 3. The second kappa shape index (κ2) is 4.96. The molecule has 2 nitrogen and oxygen atoms in total. The topological polar surface area (TPSA) is 17.8 Å². The Bertz CT molecular complexity index is 605. The summed E-state index contributed by atoms with van der Waals surface area (Å²) < 4.78 is 64.0. The summed E-state index contributed by atoms with van der Waals surface area (Å²) in [7, 11) is 0. The molecular formula is C11H8ClF5N2. The van der Waals surface area contributed by atoms with Crippen LogP contribution in [0.5, 0.6) is 0 Å². The van der Waals surface area contributed by atoms with Crippen LogP contribution in [0.1, 0.15) is 12.2 Å². The molecule has 1 aromatic heterocycles. The molecule has 0 unspecified atom stereocenters. The minimum absolute atomic E-state index is 0.0803. The number of alkyl halides is 4. The fourth-order valence-electron chi connectivity index (χ4n) is 1.76. The van der Waals surface area contributed by atoms with E-state index in [4.69, 9.17) is 11.6 Å². The van der Waals surface area contributed by atoms with Gasteiger partial charge in [-0.25, -0.2) is 13.8 Å². The third-order valence-electron chi connectivity index (χ3n) is 2.61. The van der Waals surface area contributed by atoms with Crippen LogP contribution in [0, 0.1) is 11.6 Å². The van der Waals surface area contributed by atoms with Crippen molar-refractivity contribution in [2.45, 2.75) is 25.0 Å². The second-order valence-corrected chi connectivity index (χ2v) is 4.20. The van der Waals surface area contributed by atoms with E-state index in [1.165, 1.54) is 0 Å². The highest BCUT2D eigenvalue weighted by atomic mass is 35.5. The standard InChI is InChI=1S/C11H8ClF5N2/c12-5-10-18-8-3-6(13)7(14)4-9(8)19(10)2-1-11(15,16)17/h3-4H,1-2,5H2. The van der Waals surface area contributed by atoms with Crippen molar-refractivity contribution < 1.29 is 22.0 Å². The van der Waals surface area contributed by atoms with E-state index in [1.54, 1.807) is 0 Å². The van der Waals surface area contributed by atoms with Crippen LogP contribution >= 0.6 is 11.6 Å². The summed E-state index contributed by atoms with van der Waals surface area (Å²) in [6.45, 7) is -0.437. The Hall–Kier alpha value is -1.37. The molecule has 1 heterocycles. The second-order valence-electron chi connectivity index (χ2n) is 3.93. The molecule has 19 heavy (non-hydrogen) atoms. The molecule has 0 aliphatic carbocycles. The maximum Gasteiger partial charge on any atom is 0.390 e. The molecule has 0 saturated carbocycles. The van der Waals surface area contributed by atoms with E-state index in [9.17, 15) is 22.0 Å². The average molecular weight is 299 g/mol. The van der Waals surface area contributed by atoms with Gasteiger partial charge in [0.15, 0.2) is 11.6 Å². The molecule has 2 aromatic rings. The van der Waals surface area contributed by atoms with Gasteiger partial charge < -0.3 is 4.57 Å². The third kappa shape index (κ3) is 2.97. The Morgan fingerprint density at radius 3 is 2.37 bits per heavy atom. The van der Waals surface area contributed by atoms with Crippen LogP contribution < -0.4 is 0 Å². The van der Waals surface area contributed by atoms with Crippen molar-refractivity contribution >= 4 is 22.6 Å². The van der Waals surface area contributed by atoms with Gasteiger partial charge in [0.2, 0.25) is 0 Å². The highest BCUT2D eigenvalue weighted by Gasteiger charge is 2.27. The lowest BCUT2D eigenvalue weighted by molar-refractivity contribution is -0.136. The monoisotopic (exact) mass is 298 g/mol. The number of fused-ring (bicyclic) bond motifs is 1. The maximum absolute atomic E-state index is 13.1. The van der Waals surface area contributed by atoms with Crippen molar-refractivity contribution in [1.29, 1.82) is 0 Å². The number of benzene rings is 1. The van der Waals surface area contributed by atoms with Crippen LogP contribution in [0.4, 0.5) is 22.0 Å².